The van der Waals surface area contributed by atoms with Crippen LogP contribution in [0.5, 0.6) is 0 Å². The van der Waals surface area contributed by atoms with Crippen LogP contribution in [-0.2, 0) is 20.1 Å². The second kappa shape index (κ2) is 6.59. The summed E-state index contributed by atoms with van der Waals surface area (Å²) in [7, 11) is 1.62. The van der Waals surface area contributed by atoms with Crippen LogP contribution in [0.15, 0.2) is 51.0 Å². The molecule has 0 unspecified atom stereocenters. The van der Waals surface area contributed by atoms with Gasteiger partial charge in [-0.2, -0.15) is 0 Å². The lowest BCUT2D eigenvalue weighted by Crippen LogP contribution is -2.39. The third kappa shape index (κ3) is 2.80. The lowest BCUT2D eigenvalue weighted by molar-refractivity contribution is 0.654. The molecule has 0 bridgehead atoms. The average molecular weight is 426 g/mol. The lowest BCUT2D eigenvalue weighted by atomic mass is 10.3. The summed E-state index contributed by atoms with van der Waals surface area (Å²) in [6.07, 6.45) is 3.85. The molecule has 27 heavy (non-hydrogen) atoms. The van der Waals surface area contributed by atoms with Gasteiger partial charge in [0.25, 0.3) is 5.56 Å². The van der Waals surface area contributed by atoms with E-state index in [-0.39, 0.29) is 12.1 Å². The van der Waals surface area contributed by atoms with E-state index in [2.05, 4.69) is 32.8 Å². The number of hydrogen-bond donors (Lipinski definition) is 0. The zero-order valence-electron chi connectivity index (χ0n) is 14.8. The molecule has 136 valence electrons. The van der Waals surface area contributed by atoms with Crippen molar-refractivity contribution in [2.45, 2.75) is 20.0 Å². The Balaban J connectivity index is 1.93. The van der Waals surface area contributed by atoms with Crippen molar-refractivity contribution in [1.29, 1.82) is 0 Å². The molecule has 4 heterocycles. The number of fused-ring (bicyclic) bond motifs is 2. The third-order valence-corrected chi connectivity index (χ3v) is 5.11. The summed E-state index contributed by atoms with van der Waals surface area (Å²) in [5.74, 6) is 5.75. The van der Waals surface area contributed by atoms with Crippen LogP contribution in [0.25, 0.3) is 16.7 Å². The maximum atomic E-state index is 13.1. The average Bonchev–Trinajstić information content (AvgIpc) is 3.22. The first-order chi connectivity index (χ1) is 13.0. The fourth-order valence-corrected chi connectivity index (χ4v) is 3.64. The molecule has 0 saturated heterocycles. The Morgan fingerprint density at radius 1 is 1.22 bits per heavy atom. The molecule has 0 N–H and O–H groups in total. The van der Waals surface area contributed by atoms with Gasteiger partial charge in [-0.15, -0.1) is 5.92 Å². The Labute approximate surface area is 162 Å². The molecular weight excluding hydrogens is 410 g/mol. The number of pyridine rings is 1. The monoisotopic (exact) mass is 425 g/mol. The van der Waals surface area contributed by atoms with Crippen molar-refractivity contribution in [2.75, 3.05) is 0 Å². The molecule has 0 amide bonds. The Bertz CT molecular complexity index is 1330. The highest BCUT2D eigenvalue weighted by Gasteiger charge is 2.19. The largest absolute Gasteiger partial charge is 0.332 e. The van der Waals surface area contributed by atoms with E-state index < -0.39 is 5.69 Å². The summed E-state index contributed by atoms with van der Waals surface area (Å²) in [6, 6.07) is 7.81. The van der Waals surface area contributed by atoms with E-state index in [1.807, 2.05) is 41.1 Å². The van der Waals surface area contributed by atoms with Gasteiger partial charge >= 0.3 is 5.69 Å². The summed E-state index contributed by atoms with van der Waals surface area (Å²) in [6.45, 7) is 2.24. The smallest absolute Gasteiger partial charge is 0.324 e. The Morgan fingerprint density at radius 2 is 2.04 bits per heavy atom. The number of hydrogen-bond acceptors (Lipinski definition) is 3. The fraction of sp³-hybridized carbons (Fsp3) is 0.211. The van der Waals surface area contributed by atoms with Gasteiger partial charge in [-0.05, 0) is 46.6 Å². The van der Waals surface area contributed by atoms with Crippen molar-refractivity contribution < 1.29 is 0 Å². The van der Waals surface area contributed by atoms with Gasteiger partial charge in [-0.25, -0.2) is 9.78 Å². The van der Waals surface area contributed by atoms with E-state index in [1.54, 1.807) is 18.5 Å². The molecule has 0 aromatic carbocycles. The van der Waals surface area contributed by atoms with Gasteiger partial charge in [0, 0.05) is 25.0 Å². The molecule has 4 aromatic heterocycles. The zero-order chi connectivity index (χ0) is 19.1. The Hall–Kier alpha value is -3.05. The van der Waals surface area contributed by atoms with Gasteiger partial charge in [0.15, 0.2) is 15.9 Å². The second-order valence-electron chi connectivity index (χ2n) is 6.18. The number of nitrogens with zero attached hydrogens (tertiary/aromatic N) is 5. The molecule has 0 aliphatic rings. The first-order valence-electron chi connectivity index (χ1n) is 8.32. The number of rotatable bonds is 3. The van der Waals surface area contributed by atoms with Crippen LogP contribution in [-0.4, -0.2) is 23.1 Å². The maximum Gasteiger partial charge on any atom is 0.332 e. The fourth-order valence-electron chi connectivity index (χ4n) is 3.17. The molecule has 0 radical (unpaired) electrons. The summed E-state index contributed by atoms with van der Waals surface area (Å²) < 4.78 is 6.75. The molecule has 0 atom stereocenters. The third-order valence-electron chi connectivity index (χ3n) is 4.50. The summed E-state index contributed by atoms with van der Waals surface area (Å²) in [5, 5.41) is 0. The predicted molar refractivity (Wildman–Crippen MR) is 107 cm³/mol. The highest BCUT2D eigenvalue weighted by atomic mass is 79.9. The molecule has 0 aliphatic carbocycles. The van der Waals surface area contributed by atoms with Crippen LogP contribution in [0.4, 0.5) is 0 Å². The standard InChI is InChI=1S/C19H16BrN5O2/c1-3-4-9-24-15-16(21-18(24)20)22(2)19(27)25(17(15)26)12-13-10-14-7-5-6-8-23(14)11-13/h5-8,10-11H,9,12H2,1-2H3. The van der Waals surface area contributed by atoms with Gasteiger partial charge in [0.2, 0.25) is 0 Å². The van der Waals surface area contributed by atoms with Gasteiger partial charge in [0.1, 0.15) is 0 Å². The summed E-state index contributed by atoms with van der Waals surface area (Å²) in [5.41, 5.74) is 1.80. The van der Waals surface area contributed by atoms with E-state index in [1.165, 1.54) is 9.13 Å². The molecule has 4 aromatic rings. The summed E-state index contributed by atoms with van der Waals surface area (Å²) >= 11 is 3.36. The Kier molecular flexibility index (Phi) is 4.24. The highest BCUT2D eigenvalue weighted by molar-refractivity contribution is 9.10. The minimum absolute atomic E-state index is 0.186. The summed E-state index contributed by atoms with van der Waals surface area (Å²) in [4.78, 5) is 30.2. The van der Waals surface area contributed by atoms with Crippen molar-refractivity contribution in [3.8, 4) is 11.8 Å². The highest BCUT2D eigenvalue weighted by Crippen LogP contribution is 2.16. The molecule has 0 aliphatic heterocycles. The second-order valence-corrected chi connectivity index (χ2v) is 6.89. The van der Waals surface area contributed by atoms with Crippen LogP contribution < -0.4 is 11.2 Å². The molecular formula is C19H16BrN5O2. The molecule has 0 fully saturated rings. The van der Waals surface area contributed by atoms with E-state index in [0.717, 1.165) is 11.1 Å². The van der Waals surface area contributed by atoms with Crippen molar-refractivity contribution in [3.63, 3.8) is 0 Å². The molecule has 7 nitrogen and oxygen atoms in total. The van der Waals surface area contributed by atoms with Crippen molar-refractivity contribution >= 4 is 32.6 Å². The molecule has 4 rings (SSSR count). The van der Waals surface area contributed by atoms with E-state index in [9.17, 15) is 9.59 Å². The van der Waals surface area contributed by atoms with Crippen LogP contribution >= 0.6 is 15.9 Å². The minimum atomic E-state index is -0.401. The minimum Gasteiger partial charge on any atom is -0.324 e. The number of halogens is 1. The number of aromatic nitrogens is 5. The molecule has 0 saturated carbocycles. The normalized spacial score (nSPS) is 11.1. The van der Waals surface area contributed by atoms with Gasteiger partial charge < -0.3 is 8.97 Å². The zero-order valence-corrected chi connectivity index (χ0v) is 16.4. The van der Waals surface area contributed by atoms with Crippen molar-refractivity contribution in [2.24, 2.45) is 7.05 Å². The van der Waals surface area contributed by atoms with Gasteiger partial charge in [0.05, 0.1) is 13.1 Å². The van der Waals surface area contributed by atoms with Crippen molar-refractivity contribution in [3.05, 3.63) is 67.8 Å². The molecule has 0 spiro atoms. The van der Waals surface area contributed by atoms with Crippen LogP contribution in [0.3, 0.4) is 0 Å². The van der Waals surface area contributed by atoms with E-state index in [4.69, 9.17) is 0 Å². The first kappa shape index (κ1) is 17.4. The van der Waals surface area contributed by atoms with Crippen LogP contribution in [0.2, 0.25) is 0 Å². The molecule has 8 heteroatoms. The number of aryl methyl sites for hydroxylation is 1. The quantitative estimate of drug-likeness (QED) is 0.372. The SMILES string of the molecule is CC#CCn1c(Br)nc2c1c(=O)n(Cc1cc3ccccn3c1)c(=O)n2C. The van der Waals surface area contributed by atoms with E-state index >= 15 is 0 Å². The van der Waals surface area contributed by atoms with Crippen LogP contribution in [0.1, 0.15) is 12.5 Å². The van der Waals surface area contributed by atoms with Crippen LogP contribution in [0, 0.1) is 11.8 Å². The van der Waals surface area contributed by atoms with Crippen molar-refractivity contribution in [1.82, 2.24) is 23.1 Å². The maximum absolute atomic E-state index is 13.1. The lowest BCUT2D eigenvalue weighted by Gasteiger charge is -2.08. The van der Waals surface area contributed by atoms with Gasteiger partial charge in [-0.3, -0.25) is 13.9 Å². The number of imidazole rings is 1. The Morgan fingerprint density at radius 3 is 2.78 bits per heavy atom. The van der Waals surface area contributed by atoms with Gasteiger partial charge in [-0.1, -0.05) is 12.0 Å². The topological polar surface area (TPSA) is 66.2 Å². The predicted octanol–water partition coefficient (Wildman–Crippen LogP) is 1.98. The van der Waals surface area contributed by atoms with E-state index in [0.29, 0.717) is 22.4 Å². The first-order valence-corrected chi connectivity index (χ1v) is 9.11.